The van der Waals surface area contributed by atoms with Crippen molar-refractivity contribution in [1.82, 2.24) is 10.6 Å². The van der Waals surface area contributed by atoms with E-state index in [1.807, 2.05) is 6.07 Å². The summed E-state index contributed by atoms with van der Waals surface area (Å²) in [5, 5.41) is 5.23. The first-order valence-electron chi connectivity index (χ1n) is 8.12. The molecule has 0 fully saturated rings. The molecule has 3 rings (SSSR count). The third kappa shape index (κ3) is 5.19. The summed E-state index contributed by atoms with van der Waals surface area (Å²) in [6.45, 7) is 0.650. The van der Waals surface area contributed by atoms with Crippen LogP contribution in [-0.4, -0.2) is 26.0 Å². The van der Waals surface area contributed by atoms with E-state index in [-0.39, 0.29) is 32.2 Å². The highest BCUT2D eigenvalue weighted by Crippen LogP contribution is 2.32. The van der Waals surface area contributed by atoms with Crippen molar-refractivity contribution in [2.45, 2.75) is 12.7 Å². The molecular formula is C18H17F3N2O4. The molecule has 144 valence electrons. The van der Waals surface area contributed by atoms with Crippen LogP contribution in [0.15, 0.2) is 42.5 Å². The lowest BCUT2D eigenvalue weighted by atomic mass is 10.2. The number of nitrogens with one attached hydrogen (secondary N) is 2. The summed E-state index contributed by atoms with van der Waals surface area (Å²) < 4.78 is 53.6. The number of carbonyl (C=O) groups is 1. The molecule has 0 aliphatic carbocycles. The van der Waals surface area contributed by atoms with E-state index in [0.717, 1.165) is 17.7 Å². The van der Waals surface area contributed by atoms with Gasteiger partial charge in [-0.05, 0) is 35.9 Å². The lowest BCUT2D eigenvalue weighted by Gasteiger charge is -2.11. The predicted octanol–water partition coefficient (Wildman–Crippen LogP) is 3.31. The van der Waals surface area contributed by atoms with Crippen LogP contribution in [0.4, 0.5) is 18.0 Å². The Labute approximate surface area is 153 Å². The van der Waals surface area contributed by atoms with Crippen LogP contribution in [0, 0.1) is 0 Å². The number of amides is 2. The van der Waals surface area contributed by atoms with Crippen molar-refractivity contribution >= 4 is 6.03 Å². The second-order valence-electron chi connectivity index (χ2n) is 5.67. The molecule has 27 heavy (non-hydrogen) atoms. The highest BCUT2D eigenvalue weighted by Gasteiger charge is 2.30. The summed E-state index contributed by atoms with van der Waals surface area (Å²) in [6, 6.07) is 9.51. The Morgan fingerprint density at radius 2 is 1.89 bits per heavy atom. The maximum absolute atomic E-state index is 12.6. The molecule has 6 nitrogen and oxygen atoms in total. The number of ether oxygens (including phenoxy) is 3. The van der Waals surface area contributed by atoms with Crippen LogP contribution in [0.5, 0.6) is 17.2 Å². The van der Waals surface area contributed by atoms with Crippen LogP contribution in [0.25, 0.3) is 0 Å². The number of rotatable bonds is 6. The molecule has 0 spiro atoms. The standard InChI is InChI=1S/C18H17F3N2O4/c19-18(20,21)13-2-1-3-14(9-13)25-7-6-22-17(24)23-10-12-4-5-15-16(8-12)27-11-26-15/h1-5,8-9H,6-7,10-11H2,(H2,22,23,24). The van der Waals surface area contributed by atoms with E-state index in [1.165, 1.54) is 12.1 Å². The van der Waals surface area contributed by atoms with Crippen molar-refractivity contribution < 1.29 is 32.2 Å². The first-order chi connectivity index (χ1) is 12.9. The van der Waals surface area contributed by atoms with Gasteiger partial charge in [0.15, 0.2) is 11.5 Å². The van der Waals surface area contributed by atoms with Crippen molar-refractivity contribution in [2.75, 3.05) is 19.9 Å². The number of carbonyl (C=O) groups excluding carboxylic acids is 1. The van der Waals surface area contributed by atoms with Gasteiger partial charge < -0.3 is 24.8 Å². The molecule has 0 saturated heterocycles. The molecule has 2 N–H and O–H groups in total. The minimum atomic E-state index is -4.42. The van der Waals surface area contributed by atoms with Crippen molar-refractivity contribution in [2.24, 2.45) is 0 Å². The number of urea groups is 1. The van der Waals surface area contributed by atoms with Gasteiger partial charge in [0, 0.05) is 6.54 Å². The lowest BCUT2D eigenvalue weighted by molar-refractivity contribution is -0.137. The molecule has 0 saturated carbocycles. The molecular weight excluding hydrogens is 365 g/mol. The van der Waals surface area contributed by atoms with Gasteiger partial charge in [0.05, 0.1) is 12.1 Å². The lowest BCUT2D eigenvalue weighted by Crippen LogP contribution is -2.37. The van der Waals surface area contributed by atoms with Gasteiger partial charge in [0.1, 0.15) is 12.4 Å². The summed E-state index contributed by atoms with van der Waals surface area (Å²) >= 11 is 0. The quantitative estimate of drug-likeness (QED) is 0.753. The number of alkyl halides is 3. The van der Waals surface area contributed by atoms with Gasteiger partial charge in [-0.15, -0.1) is 0 Å². The van der Waals surface area contributed by atoms with E-state index in [2.05, 4.69) is 10.6 Å². The third-order valence-corrected chi connectivity index (χ3v) is 3.71. The van der Waals surface area contributed by atoms with E-state index in [9.17, 15) is 18.0 Å². The maximum atomic E-state index is 12.6. The van der Waals surface area contributed by atoms with Crippen LogP contribution in [0.2, 0.25) is 0 Å². The Kier molecular flexibility index (Phi) is 5.58. The normalized spacial score (nSPS) is 12.6. The van der Waals surface area contributed by atoms with Crippen molar-refractivity contribution in [3.8, 4) is 17.2 Å². The fraction of sp³-hybridized carbons (Fsp3) is 0.278. The largest absolute Gasteiger partial charge is 0.492 e. The summed E-state index contributed by atoms with van der Waals surface area (Å²) in [5.41, 5.74) is 0.0593. The minimum absolute atomic E-state index is 0.0404. The molecule has 0 aromatic heterocycles. The average Bonchev–Trinajstić information content (AvgIpc) is 3.11. The first-order valence-corrected chi connectivity index (χ1v) is 8.12. The SMILES string of the molecule is O=C(NCCOc1cccc(C(F)(F)F)c1)NCc1ccc2c(c1)OCO2. The van der Waals surface area contributed by atoms with E-state index in [4.69, 9.17) is 14.2 Å². The molecule has 0 atom stereocenters. The number of halogens is 3. The molecule has 0 radical (unpaired) electrons. The number of fused-ring (bicyclic) bond motifs is 1. The molecule has 2 aromatic rings. The van der Waals surface area contributed by atoms with Gasteiger partial charge in [-0.25, -0.2) is 4.79 Å². The van der Waals surface area contributed by atoms with Crippen molar-refractivity contribution in [3.05, 3.63) is 53.6 Å². The Bertz CT molecular complexity index is 811. The zero-order valence-electron chi connectivity index (χ0n) is 14.1. The first kappa shape index (κ1) is 18.7. The summed E-state index contributed by atoms with van der Waals surface area (Å²) in [6.07, 6.45) is -4.42. The van der Waals surface area contributed by atoms with Gasteiger partial charge in [0.25, 0.3) is 0 Å². The Morgan fingerprint density at radius 1 is 1.07 bits per heavy atom. The number of benzene rings is 2. The fourth-order valence-electron chi connectivity index (χ4n) is 2.39. The zero-order valence-corrected chi connectivity index (χ0v) is 14.1. The zero-order chi connectivity index (χ0) is 19.3. The van der Waals surface area contributed by atoms with Crippen molar-refractivity contribution in [3.63, 3.8) is 0 Å². The van der Waals surface area contributed by atoms with E-state index >= 15 is 0 Å². The van der Waals surface area contributed by atoms with Crippen LogP contribution < -0.4 is 24.8 Å². The van der Waals surface area contributed by atoms with Gasteiger partial charge in [0.2, 0.25) is 6.79 Å². The third-order valence-electron chi connectivity index (χ3n) is 3.71. The molecule has 9 heteroatoms. The second kappa shape index (κ2) is 8.07. The van der Waals surface area contributed by atoms with E-state index in [1.54, 1.807) is 12.1 Å². The van der Waals surface area contributed by atoms with E-state index in [0.29, 0.717) is 11.5 Å². The molecule has 1 heterocycles. The van der Waals surface area contributed by atoms with Crippen LogP contribution in [0.1, 0.15) is 11.1 Å². The molecule has 2 amide bonds. The summed E-state index contributed by atoms with van der Waals surface area (Å²) in [7, 11) is 0. The molecule has 1 aliphatic heterocycles. The fourth-order valence-corrected chi connectivity index (χ4v) is 2.39. The van der Waals surface area contributed by atoms with Crippen LogP contribution in [0.3, 0.4) is 0 Å². The van der Waals surface area contributed by atoms with Gasteiger partial charge in [-0.2, -0.15) is 13.2 Å². The van der Waals surface area contributed by atoms with E-state index < -0.39 is 17.8 Å². The molecule has 2 aromatic carbocycles. The Balaban J connectivity index is 1.37. The Morgan fingerprint density at radius 3 is 2.70 bits per heavy atom. The molecule has 0 unspecified atom stereocenters. The second-order valence-corrected chi connectivity index (χ2v) is 5.67. The summed E-state index contributed by atoms with van der Waals surface area (Å²) in [4.78, 5) is 11.8. The monoisotopic (exact) mass is 382 g/mol. The predicted molar refractivity (Wildman–Crippen MR) is 89.7 cm³/mol. The maximum Gasteiger partial charge on any atom is 0.416 e. The highest BCUT2D eigenvalue weighted by molar-refractivity contribution is 5.73. The molecule has 1 aliphatic rings. The molecule has 0 bridgehead atoms. The van der Waals surface area contributed by atoms with Gasteiger partial charge >= 0.3 is 12.2 Å². The Hall–Kier alpha value is -3.10. The van der Waals surface area contributed by atoms with Gasteiger partial charge in [-0.1, -0.05) is 12.1 Å². The topological polar surface area (TPSA) is 68.8 Å². The number of hydrogen-bond donors (Lipinski definition) is 2. The minimum Gasteiger partial charge on any atom is -0.492 e. The summed E-state index contributed by atoms with van der Waals surface area (Å²) in [5.74, 6) is 1.38. The number of hydrogen-bond acceptors (Lipinski definition) is 4. The van der Waals surface area contributed by atoms with Crippen LogP contribution >= 0.6 is 0 Å². The smallest absolute Gasteiger partial charge is 0.416 e. The highest BCUT2D eigenvalue weighted by atomic mass is 19.4. The average molecular weight is 382 g/mol. The van der Waals surface area contributed by atoms with Crippen molar-refractivity contribution in [1.29, 1.82) is 0 Å². The van der Waals surface area contributed by atoms with Gasteiger partial charge in [-0.3, -0.25) is 0 Å². The van der Waals surface area contributed by atoms with Crippen LogP contribution in [-0.2, 0) is 12.7 Å².